The van der Waals surface area contributed by atoms with Crippen molar-refractivity contribution in [3.8, 4) is 22.9 Å². The zero-order valence-corrected chi connectivity index (χ0v) is 17.1. The smallest absolute Gasteiger partial charge is 0.213 e. The van der Waals surface area contributed by atoms with Crippen LogP contribution < -0.4 is 26.3 Å². The first kappa shape index (κ1) is 19.6. The number of aromatic nitrogens is 1. The van der Waals surface area contributed by atoms with Crippen LogP contribution in [0.2, 0.25) is 0 Å². The molecule has 4 rings (SSSR count). The standard InChI is InChI=1S/C24H19N2O.BrH/c1-27-22-12-13-24-20(15-22)6-4-14-26(24)17-18-8-10-19(11-9-18)23-7-3-2-5-21(23)16-25;/h2-15H,17H2,1H3;1H/q+1;/p-1. The molecule has 0 saturated carbocycles. The Morgan fingerprint density at radius 3 is 2.46 bits per heavy atom. The Labute approximate surface area is 175 Å². The number of benzene rings is 3. The first-order valence-electron chi connectivity index (χ1n) is 8.83. The van der Waals surface area contributed by atoms with Crippen molar-refractivity contribution in [3.63, 3.8) is 0 Å². The van der Waals surface area contributed by atoms with E-state index in [0.29, 0.717) is 5.56 Å². The number of hydrogen-bond acceptors (Lipinski definition) is 2. The maximum atomic E-state index is 9.30. The lowest BCUT2D eigenvalue weighted by Crippen LogP contribution is -3.00. The van der Waals surface area contributed by atoms with Gasteiger partial charge in [-0.25, -0.2) is 0 Å². The minimum Gasteiger partial charge on any atom is -1.00 e. The third-order valence-corrected chi connectivity index (χ3v) is 4.75. The highest BCUT2D eigenvalue weighted by Crippen LogP contribution is 2.24. The highest BCUT2D eigenvalue weighted by molar-refractivity contribution is 5.77. The van der Waals surface area contributed by atoms with Gasteiger partial charge in [0.1, 0.15) is 5.75 Å². The molecular formula is C24H19BrN2O. The maximum absolute atomic E-state index is 9.30. The van der Waals surface area contributed by atoms with Gasteiger partial charge >= 0.3 is 0 Å². The second-order valence-electron chi connectivity index (χ2n) is 6.42. The van der Waals surface area contributed by atoms with E-state index in [2.05, 4.69) is 59.3 Å². The molecule has 0 atom stereocenters. The normalized spacial score (nSPS) is 10.1. The van der Waals surface area contributed by atoms with Crippen LogP contribution in [0.1, 0.15) is 11.1 Å². The summed E-state index contributed by atoms with van der Waals surface area (Å²) in [6.45, 7) is 0.782. The minimum atomic E-state index is 0. The molecule has 3 aromatic carbocycles. The lowest BCUT2D eigenvalue weighted by molar-refractivity contribution is -0.662. The van der Waals surface area contributed by atoms with E-state index in [1.54, 1.807) is 7.11 Å². The van der Waals surface area contributed by atoms with Gasteiger partial charge in [-0.2, -0.15) is 9.83 Å². The average Bonchev–Trinajstić information content (AvgIpc) is 2.74. The van der Waals surface area contributed by atoms with Gasteiger partial charge < -0.3 is 21.7 Å². The zero-order chi connectivity index (χ0) is 18.6. The van der Waals surface area contributed by atoms with E-state index in [0.717, 1.165) is 34.3 Å². The Morgan fingerprint density at radius 2 is 1.71 bits per heavy atom. The summed E-state index contributed by atoms with van der Waals surface area (Å²) in [4.78, 5) is 0. The maximum Gasteiger partial charge on any atom is 0.213 e. The number of nitrogens with zero attached hydrogens (tertiary/aromatic N) is 2. The lowest BCUT2D eigenvalue weighted by Gasteiger charge is -2.06. The quantitative estimate of drug-likeness (QED) is 0.462. The fourth-order valence-electron chi connectivity index (χ4n) is 3.34. The number of ether oxygens (including phenoxy) is 1. The molecule has 0 aliphatic carbocycles. The number of nitriles is 1. The Balaban J connectivity index is 0.00000225. The van der Waals surface area contributed by atoms with Gasteiger partial charge in [-0.05, 0) is 35.4 Å². The summed E-state index contributed by atoms with van der Waals surface area (Å²) in [5, 5.41) is 10.5. The minimum absolute atomic E-state index is 0. The van der Waals surface area contributed by atoms with Gasteiger partial charge in [-0.15, -0.1) is 0 Å². The highest BCUT2D eigenvalue weighted by Gasteiger charge is 2.11. The van der Waals surface area contributed by atoms with Gasteiger partial charge in [-0.1, -0.05) is 42.5 Å². The molecule has 0 aliphatic heterocycles. The van der Waals surface area contributed by atoms with Gasteiger partial charge in [0.2, 0.25) is 5.52 Å². The summed E-state index contributed by atoms with van der Waals surface area (Å²) < 4.78 is 7.55. The summed E-state index contributed by atoms with van der Waals surface area (Å²) in [5.74, 6) is 0.862. The van der Waals surface area contributed by atoms with E-state index in [9.17, 15) is 5.26 Å². The summed E-state index contributed by atoms with van der Waals surface area (Å²) in [6, 6.07) is 28.6. The molecule has 1 aromatic heterocycles. The molecule has 4 aromatic rings. The monoisotopic (exact) mass is 430 g/mol. The van der Waals surface area contributed by atoms with Crippen LogP contribution in [0.25, 0.3) is 22.0 Å². The Bertz CT molecular complexity index is 1150. The third kappa shape index (κ3) is 3.90. The molecule has 28 heavy (non-hydrogen) atoms. The van der Waals surface area contributed by atoms with Crippen molar-refractivity contribution in [3.05, 3.63) is 96.2 Å². The van der Waals surface area contributed by atoms with E-state index < -0.39 is 0 Å². The zero-order valence-electron chi connectivity index (χ0n) is 15.5. The van der Waals surface area contributed by atoms with Crippen LogP contribution in [0.3, 0.4) is 0 Å². The van der Waals surface area contributed by atoms with Crippen LogP contribution in [0.5, 0.6) is 5.75 Å². The summed E-state index contributed by atoms with van der Waals surface area (Å²) in [5.41, 5.74) is 5.10. The number of pyridine rings is 1. The Kier molecular flexibility index (Phi) is 6.08. The van der Waals surface area contributed by atoms with Crippen molar-refractivity contribution in [1.29, 1.82) is 5.26 Å². The van der Waals surface area contributed by atoms with E-state index >= 15 is 0 Å². The molecule has 1 heterocycles. The van der Waals surface area contributed by atoms with E-state index in [1.165, 1.54) is 5.56 Å². The summed E-state index contributed by atoms with van der Waals surface area (Å²) in [7, 11) is 1.68. The first-order valence-corrected chi connectivity index (χ1v) is 8.83. The average molecular weight is 431 g/mol. The summed E-state index contributed by atoms with van der Waals surface area (Å²) >= 11 is 0. The molecule has 0 amide bonds. The summed E-state index contributed by atoms with van der Waals surface area (Å²) in [6.07, 6.45) is 2.09. The van der Waals surface area contributed by atoms with Gasteiger partial charge in [-0.3, -0.25) is 0 Å². The molecule has 0 saturated heterocycles. The molecule has 4 heteroatoms. The van der Waals surface area contributed by atoms with Crippen LogP contribution in [-0.2, 0) is 6.54 Å². The molecule has 138 valence electrons. The third-order valence-electron chi connectivity index (χ3n) is 4.75. The van der Waals surface area contributed by atoms with Crippen LogP contribution in [-0.4, -0.2) is 7.11 Å². The van der Waals surface area contributed by atoms with Gasteiger partial charge in [0, 0.05) is 17.7 Å². The largest absolute Gasteiger partial charge is 1.00 e. The second-order valence-corrected chi connectivity index (χ2v) is 6.42. The predicted molar refractivity (Wildman–Crippen MR) is 106 cm³/mol. The highest BCUT2D eigenvalue weighted by atomic mass is 79.9. The predicted octanol–water partition coefficient (Wildman–Crippen LogP) is 1.73. The fraction of sp³-hybridized carbons (Fsp3) is 0.0833. The molecule has 3 nitrogen and oxygen atoms in total. The van der Waals surface area contributed by atoms with Crippen LogP contribution in [0.15, 0.2) is 85.1 Å². The number of methoxy groups -OCH3 is 1. The van der Waals surface area contributed by atoms with Crippen LogP contribution in [0.4, 0.5) is 0 Å². The van der Waals surface area contributed by atoms with Gasteiger partial charge in [0.15, 0.2) is 12.7 Å². The molecular weight excluding hydrogens is 412 g/mol. The van der Waals surface area contributed by atoms with Crippen molar-refractivity contribution in [2.45, 2.75) is 6.54 Å². The van der Waals surface area contributed by atoms with Crippen molar-refractivity contribution in [2.24, 2.45) is 0 Å². The van der Waals surface area contributed by atoms with E-state index in [-0.39, 0.29) is 17.0 Å². The molecule has 0 aliphatic rings. The SMILES string of the molecule is COc1ccc2c(ccc[n+]2Cc2ccc(-c3ccccc3C#N)cc2)c1.[Br-]. The molecule has 0 fully saturated rings. The van der Waals surface area contributed by atoms with Crippen molar-refractivity contribution in [1.82, 2.24) is 0 Å². The van der Waals surface area contributed by atoms with Gasteiger partial charge in [0.25, 0.3) is 0 Å². The lowest BCUT2D eigenvalue weighted by atomic mass is 9.99. The first-order chi connectivity index (χ1) is 13.3. The Hall–Kier alpha value is -3.16. The van der Waals surface area contributed by atoms with Crippen LogP contribution in [0, 0.1) is 11.3 Å². The van der Waals surface area contributed by atoms with Crippen molar-refractivity contribution in [2.75, 3.05) is 7.11 Å². The van der Waals surface area contributed by atoms with Gasteiger partial charge in [0.05, 0.1) is 24.1 Å². The fourth-order valence-corrected chi connectivity index (χ4v) is 3.34. The van der Waals surface area contributed by atoms with Crippen molar-refractivity contribution >= 4 is 10.9 Å². The van der Waals surface area contributed by atoms with Crippen molar-refractivity contribution < 1.29 is 26.3 Å². The molecule has 0 radical (unpaired) electrons. The topological polar surface area (TPSA) is 36.9 Å². The Morgan fingerprint density at radius 1 is 0.929 bits per heavy atom. The number of rotatable bonds is 4. The number of fused-ring (bicyclic) bond motifs is 1. The molecule has 0 unspecified atom stereocenters. The van der Waals surface area contributed by atoms with Crippen LogP contribution >= 0.6 is 0 Å². The van der Waals surface area contributed by atoms with E-state index in [1.807, 2.05) is 36.4 Å². The molecule has 0 N–H and O–H groups in total. The number of halogens is 1. The number of hydrogen-bond donors (Lipinski definition) is 0. The second kappa shape index (κ2) is 8.69. The van der Waals surface area contributed by atoms with E-state index in [4.69, 9.17) is 4.74 Å². The molecule has 0 bridgehead atoms. The molecule has 0 spiro atoms.